The third kappa shape index (κ3) is 6.30. The largest absolute Gasteiger partial charge is 0.271 e. The summed E-state index contributed by atoms with van der Waals surface area (Å²) >= 11 is 0. The zero-order valence-corrected chi connectivity index (χ0v) is 17.1. The van der Waals surface area contributed by atoms with E-state index in [0.29, 0.717) is 5.56 Å². The van der Waals surface area contributed by atoms with E-state index in [2.05, 4.69) is 0 Å². The summed E-state index contributed by atoms with van der Waals surface area (Å²) in [5.74, 6) is -1.82. The van der Waals surface area contributed by atoms with Crippen molar-refractivity contribution in [2.24, 2.45) is 0 Å². The Bertz CT molecular complexity index is 1070. The van der Waals surface area contributed by atoms with Crippen molar-refractivity contribution in [1.29, 1.82) is 0 Å². The van der Waals surface area contributed by atoms with Gasteiger partial charge in [0, 0.05) is 13.1 Å². The molecule has 0 amide bonds. The fourth-order valence-electron chi connectivity index (χ4n) is 3.21. The van der Waals surface area contributed by atoms with Crippen LogP contribution in [0.4, 0.5) is 8.78 Å². The lowest BCUT2D eigenvalue weighted by atomic mass is 10.1. The highest BCUT2D eigenvalue weighted by atomic mass is 32.2. The summed E-state index contributed by atoms with van der Waals surface area (Å²) in [7, 11) is -7.59. The Morgan fingerprint density at radius 3 is 1.90 bits per heavy atom. The minimum atomic E-state index is -3.93. The van der Waals surface area contributed by atoms with Gasteiger partial charge in [0.15, 0.2) is 0 Å². The van der Waals surface area contributed by atoms with Gasteiger partial charge in [-0.25, -0.2) is 21.5 Å². The Morgan fingerprint density at radius 1 is 0.862 bits per heavy atom. The molecule has 0 saturated carbocycles. The van der Waals surface area contributed by atoms with E-state index in [-0.39, 0.29) is 37.2 Å². The minimum absolute atomic E-state index is 0.109. The lowest BCUT2D eigenvalue weighted by Crippen LogP contribution is -2.42. The van der Waals surface area contributed by atoms with Crippen molar-refractivity contribution < 1.29 is 29.8 Å². The van der Waals surface area contributed by atoms with Crippen LogP contribution in [0, 0.1) is 11.6 Å². The molecule has 3 rings (SSSR count). The van der Waals surface area contributed by atoms with E-state index < -0.39 is 43.6 Å². The molecule has 0 aliphatic carbocycles. The Morgan fingerprint density at radius 2 is 1.38 bits per heavy atom. The van der Waals surface area contributed by atoms with E-state index in [9.17, 15) is 25.6 Å². The molecule has 0 radical (unpaired) electrons. The average Bonchev–Trinajstić information content (AvgIpc) is 2.61. The van der Waals surface area contributed by atoms with Crippen molar-refractivity contribution >= 4 is 20.1 Å². The smallest absolute Gasteiger partial charge is 0.266 e. The molecular weight excluding hydrogens is 424 g/mol. The standard InChI is InChI=1S/C19H21F2NO5S2/c20-17-5-1-3-15(11-17)13-28(23,24)22-9-7-19(8-10-22)27-29(25,26)14-16-4-2-6-18(21)12-16/h1-6,11-12,19H,7-10,13-14H2. The molecule has 10 heteroatoms. The second kappa shape index (κ2) is 8.86. The molecule has 29 heavy (non-hydrogen) atoms. The molecule has 0 spiro atoms. The van der Waals surface area contributed by atoms with Crippen LogP contribution in [0.15, 0.2) is 48.5 Å². The fraction of sp³-hybridized carbons (Fsp3) is 0.368. The number of hydrogen-bond donors (Lipinski definition) is 0. The van der Waals surface area contributed by atoms with Crippen molar-refractivity contribution in [3.05, 3.63) is 71.3 Å². The van der Waals surface area contributed by atoms with Gasteiger partial charge in [0.2, 0.25) is 10.0 Å². The van der Waals surface area contributed by atoms with E-state index >= 15 is 0 Å². The number of piperidine rings is 1. The lowest BCUT2D eigenvalue weighted by molar-refractivity contribution is 0.141. The third-order valence-electron chi connectivity index (χ3n) is 4.55. The summed E-state index contributed by atoms with van der Waals surface area (Å²) in [6, 6.07) is 10.7. The average molecular weight is 446 g/mol. The Balaban J connectivity index is 1.55. The normalized spacial score (nSPS) is 16.8. The molecule has 6 nitrogen and oxygen atoms in total. The van der Waals surface area contributed by atoms with Gasteiger partial charge in [0.25, 0.3) is 10.1 Å². The first-order chi connectivity index (χ1) is 13.6. The van der Waals surface area contributed by atoms with E-state index in [0.717, 1.165) is 6.07 Å². The van der Waals surface area contributed by atoms with Gasteiger partial charge in [0.05, 0.1) is 11.9 Å². The van der Waals surface area contributed by atoms with Crippen LogP contribution in [0.25, 0.3) is 0 Å². The van der Waals surface area contributed by atoms with Crippen LogP contribution in [-0.4, -0.2) is 40.3 Å². The maximum absolute atomic E-state index is 13.3. The van der Waals surface area contributed by atoms with Crippen LogP contribution in [0.2, 0.25) is 0 Å². The fourth-order valence-corrected chi connectivity index (χ4v) is 6.02. The van der Waals surface area contributed by atoms with Crippen molar-refractivity contribution in [1.82, 2.24) is 4.31 Å². The second-order valence-electron chi connectivity index (χ2n) is 6.91. The van der Waals surface area contributed by atoms with Crippen LogP contribution in [-0.2, 0) is 35.8 Å². The Kier molecular flexibility index (Phi) is 6.67. The maximum Gasteiger partial charge on any atom is 0.271 e. The van der Waals surface area contributed by atoms with Gasteiger partial charge < -0.3 is 0 Å². The number of benzene rings is 2. The minimum Gasteiger partial charge on any atom is -0.266 e. The molecule has 0 unspecified atom stereocenters. The SMILES string of the molecule is O=S(=O)(Cc1cccc(F)c1)OC1CCN(S(=O)(=O)Cc2cccc(F)c2)CC1. The highest BCUT2D eigenvalue weighted by Crippen LogP contribution is 2.22. The Hall–Kier alpha value is -1.88. The van der Waals surface area contributed by atoms with Crippen LogP contribution in [0.1, 0.15) is 24.0 Å². The molecule has 1 heterocycles. The summed E-state index contributed by atoms with van der Waals surface area (Å²) in [6.07, 6.45) is -0.218. The van der Waals surface area contributed by atoms with Crippen molar-refractivity contribution in [2.75, 3.05) is 13.1 Å². The number of sulfonamides is 1. The number of halogens is 2. The molecular formula is C19H21F2NO5S2. The van der Waals surface area contributed by atoms with Gasteiger partial charge in [-0.1, -0.05) is 24.3 Å². The quantitative estimate of drug-likeness (QED) is 0.613. The molecule has 0 bridgehead atoms. The van der Waals surface area contributed by atoms with Crippen LogP contribution < -0.4 is 0 Å². The van der Waals surface area contributed by atoms with Crippen molar-refractivity contribution in [2.45, 2.75) is 30.5 Å². The summed E-state index contributed by atoms with van der Waals surface area (Å²) in [4.78, 5) is 0. The molecule has 0 N–H and O–H groups in total. The predicted molar refractivity (Wildman–Crippen MR) is 104 cm³/mol. The first kappa shape index (κ1) is 21.8. The van der Waals surface area contributed by atoms with Crippen molar-refractivity contribution in [3.63, 3.8) is 0 Å². The number of hydrogen-bond acceptors (Lipinski definition) is 5. The summed E-state index contributed by atoms with van der Waals surface area (Å²) in [5.41, 5.74) is 0.626. The topological polar surface area (TPSA) is 80.8 Å². The number of rotatable bonds is 7. The van der Waals surface area contributed by atoms with Gasteiger partial charge in [-0.2, -0.15) is 8.42 Å². The van der Waals surface area contributed by atoms with E-state index in [1.54, 1.807) is 0 Å². The van der Waals surface area contributed by atoms with E-state index in [1.165, 1.54) is 46.8 Å². The molecule has 1 aliphatic heterocycles. The Labute approximate surface area is 169 Å². The molecule has 2 aromatic carbocycles. The molecule has 0 aromatic heterocycles. The van der Waals surface area contributed by atoms with E-state index in [1.807, 2.05) is 0 Å². The van der Waals surface area contributed by atoms with Crippen LogP contribution in [0.5, 0.6) is 0 Å². The number of nitrogens with zero attached hydrogens (tertiary/aromatic N) is 1. The summed E-state index contributed by atoms with van der Waals surface area (Å²) in [6.45, 7) is 0.218. The summed E-state index contributed by atoms with van der Waals surface area (Å²) < 4.78 is 82.5. The zero-order chi connectivity index (χ0) is 21.1. The van der Waals surface area contributed by atoms with Crippen LogP contribution >= 0.6 is 0 Å². The lowest BCUT2D eigenvalue weighted by Gasteiger charge is -2.30. The highest BCUT2D eigenvalue weighted by molar-refractivity contribution is 7.88. The first-order valence-corrected chi connectivity index (χ1v) is 12.2. The van der Waals surface area contributed by atoms with Gasteiger partial charge in [-0.3, -0.25) is 4.18 Å². The van der Waals surface area contributed by atoms with Crippen LogP contribution in [0.3, 0.4) is 0 Å². The van der Waals surface area contributed by atoms with Gasteiger partial charge in [-0.15, -0.1) is 0 Å². The third-order valence-corrected chi connectivity index (χ3v) is 7.65. The van der Waals surface area contributed by atoms with Crippen molar-refractivity contribution in [3.8, 4) is 0 Å². The molecule has 1 fully saturated rings. The van der Waals surface area contributed by atoms with E-state index in [4.69, 9.17) is 4.18 Å². The van der Waals surface area contributed by atoms with Gasteiger partial charge in [0.1, 0.15) is 17.4 Å². The zero-order valence-electron chi connectivity index (χ0n) is 15.5. The summed E-state index contributed by atoms with van der Waals surface area (Å²) in [5, 5.41) is 0. The molecule has 0 atom stereocenters. The molecule has 1 saturated heterocycles. The first-order valence-electron chi connectivity index (χ1n) is 9.01. The molecule has 1 aliphatic rings. The second-order valence-corrected chi connectivity index (χ2v) is 10.5. The molecule has 158 valence electrons. The predicted octanol–water partition coefficient (Wildman–Crippen LogP) is 2.81. The molecule has 2 aromatic rings. The maximum atomic E-state index is 13.3. The monoisotopic (exact) mass is 445 g/mol. The van der Waals surface area contributed by atoms with Gasteiger partial charge >= 0.3 is 0 Å². The highest BCUT2D eigenvalue weighted by Gasteiger charge is 2.31. The van der Waals surface area contributed by atoms with Gasteiger partial charge in [-0.05, 0) is 48.2 Å².